The third-order valence-electron chi connectivity index (χ3n) is 12.2. The summed E-state index contributed by atoms with van der Waals surface area (Å²) in [7, 11) is 0. The molecular formula is C58H38N2O. The van der Waals surface area contributed by atoms with Gasteiger partial charge in [0.15, 0.2) is 0 Å². The van der Waals surface area contributed by atoms with E-state index >= 15 is 0 Å². The smallest absolute Gasteiger partial charge is 0.137 e. The van der Waals surface area contributed by atoms with Crippen LogP contribution in [-0.2, 0) is 0 Å². The van der Waals surface area contributed by atoms with Crippen LogP contribution < -0.4 is 4.90 Å². The number of fused-ring (bicyclic) bond motifs is 7. The zero-order valence-electron chi connectivity index (χ0n) is 33.2. The van der Waals surface area contributed by atoms with Gasteiger partial charge in [0, 0.05) is 50.2 Å². The number of nitrogens with zero attached hydrogens (tertiary/aromatic N) is 2. The molecule has 0 atom stereocenters. The lowest BCUT2D eigenvalue weighted by molar-refractivity contribution is 0.669. The minimum atomic E-state index is 0.862. The Balaban J connectivity index is 1.02. The van der Waals surface area contributed by atoms with E-state index in [1.165, 1.54) is 66.3 Å². The van der Waals surface area contributed by atoms with E-state index in [2.05, 4.69) is 228 Å². The first-order chi connectivity index (χ1) is 30.3. The number of hydrogen-bond acceptors (Lipinski definition) is 2. The molecule has 0 fully saturated rings. The van der Waals surface area contributed by atoms with Crippen LogP contribution in [0.3, 0.4) is 0 Å². The van der Waals surface area contributed by atoms with Gasteiger partial charge in [0.05, 0.1) is 16.7 Å². The van der Waals surface area contributed by atoms with Gasteiger partial charge in [-0.3, -0.25) is 0 Å². The summed E-state index contributed by atoms with van der Waals surface area (Å²) in [6.07, 6.45) is 0. The van der Waals surface area contributed by atoms with Crippen molar-refractivity contribution in [2.45, 2.75) is 0 Å². The highest BCUT2D eigenvalue weighted by Crippen LogP contribution is 2.44. The van der Waals surface area contributed by atoms with Crippen molar-refractivity contribution >= 4 is 66.2 Å². The topological polar surface area (TPSA) is 20.8 Å². The zero-order chi connectivity index (χ0) is 40.3. The van der Waals surface area contributed by atoms with Crippen molar-refractivity contribution in [2.24, 2.45) is 0 Å². The number of furan rings is 1. The molecule has 286 valence electrons. The van der Waals surface area contributed by atoms with E-state index in [9.17, 15) is 0 Å². The van der Waals surface area contributed by atoms with Crippen LogP contribution in [0.2, 0.25) is 0 Å². The highest BCUT2D eigenvalue weighted by molar-refractivity contribution is 6.11. The Labute approximate surface area is 353 Å². The van der Waals surface area contributed by atoms with Gasteiger partial charge in [-0.2, -0.15) is 0 Å². The van der Waals surface area contributed by atoms with E-state index in [0.717, 1.165) is 44.6 Å². The highest BCUT2D eigenvalue weighted by Gasteiger charge is 2.21. The van der Waals surface area contributed by atoms with E-state index in [-0.39, 0.29) is 0 Å². The molecule has 0 radical (unpaired) electrons. The molecule has 0 amide bonds. The summed E-state index contributed by atoms with van der Waals surface area (Å²) < 4.78 is 8.91. The summed E-state index contributed by atoms with van der Waals surface area (Å²) in [5, 5.41) is 5.89. The predicted octanol–water partition coefficient (Wildman–Crippen LogP) is 16.3. The maximum absolute atomic E-state index is 6.45. The molecule has 3 heterocycles. The van der Waals surface area contributed by atoms with E-state index < -0.39 is 0 Å². The summed E-state index contributed by atoms with van der Waals surface area (Å²) >= 11 is 0. The van der Waals surface area contributed by atoms with Crippen LogP contribution in [0, 0.1) is 0 Å². The van der Waals surface area contributed by atoms with Crippen molar-refractivity contribution in [1.29, 1.82) is 0 Å². The molecule has 12 aromatic rings. The Morgan fingerprint density at radius 3 is 1.57 bits per heavy atom. The fourth-order valence-corrected chi connectivity index (χ4v) is 9.40. The molecule has 0 saturated carbocycles. The number of aromatic nitrogens is 1. The molecule has 3 aromatic heterocycles. The highest BCUT2D eigenvalue weighted by atomic mass is 16.3. The van der Waals surface area contributed by atoms with Crippen molar-refractivity contribution < 1.29 is 4.42 Å². The first-order valence-corrected chi connectivity index (χ1v) is 20.8. The maximum atomic E-state index is 6.45. The summed E-state index contributed by atoms with van der Waals surface area (Å²) in [5.41, 5.74) is 16.8. The van der Waals surface area contributed by atoms with Crippen LogP contribution in [-0.4, -0.2) is 4.40 Å². The molecule has 3 nitrogen and oxygen atoms in total. The maximum Gasteiger partial charge on any atom is 0.137 e. The average molecular weight is 779 g/mol. The van der Waals surface area contributed by atoms with Gasteiger partial charge in [-0.05, 0) is 93.4 Å². The first-order valence-electron chi connectivity index (χ1n) is 20.8. The molecule has 3 heteroatoms. The summed E-state index contributed by atoms with van der Waals surface area (Å²) in [6, 6.07) is 82.9. The number of pyridine rings is 1. The largest absolute Gasteiger partial charge is 0.456 e. The van der Waals surface area contributed by atoms with Gasteiger partial charge in [0.1, 0.15) is 11.2 Å². The SMILES string of the molecule is c1ccc(-c2ccccc2-c2ccc(N(c3ccc(-c4c5ccccc5cc5c(-c6ccccc6)c6ccccc6n45)cc3)c3ccc4c(c3)oc3ccccc34)cc2)cc1. The number of para-hydroxylation sites is 2. The monoisotopic (exact) mass is 778 g/mol. The van der Waals surface area contributed by atoms with Crippen LogP contribution in [0.1, 0.15) is 0 Å². The third kappa shape index (κ3) is 5.82. The lowest BCUT2D eigenvalue weighted by atomic mass is 9.94. The Morgan fingerprint density at radius 2 is 0.852 bits per heavy atom. The second-order valence-corrected chi connectivity index (χ2v) is 15.7. The van der Waals surface area contributed by atoms with Crippen molar-refractivity contribution in [3.63, 3.8) is 0 Å². The van der Waals surface area contributed by atoms with E-state index in [0.29, 0.717) is 0 Å². The van der Waals surface area contributed by atoms with Crippen LogP contribution in [0.4, 0.5) is 17.1 Å². The Hall–Kier alpha value is -8.14. The van der Waals surface area contributed by atoms with Crippen molar-refractivity contribution in [1.82, 2.24) is 4.40 Å². The molecular weight excluding hydrogens is 741 g/mol. The van der Waals surface area contributed by atoms with Gasteiger partial charge in [0.25, 0.3) is 0 Å². The molecule has 61 heavy (non-hydrogen) atoms. The Bertz CT molecular complexity index is 3560. The van der Waals surface area contributed by atoms with Crippen LogP contribution in [0.5, 0.6) is 0 Å². The van der Waals surface area contributed by atoms with E-state index in [1.54, 1.807) is 0 Å². The molecule has 0 bridgehead atoms. The number of hydrogen-bond donors (Lipinski definition) is 0. The molecule has 0 aliphatic carbocycles. The number of benzene rings is 9. The summed E-state index contributed by atoms with van der Waals surface area (Å²) in [6.45, 7) is 0. The van der Waals surface area contributed by atoms with Crippen molar-refractivity contribution in [3.8, 4) is 44.6 Å². The van der Waals surface area contributed by atoms with Crippen molar-refractivity contribution in [3.05, 3.63) is 231 Å². The Morgan fingerprint density at radius 1 is 0.328 bits per heavy atom. The van der Waals surface area contributed by atoms with Gasteiger partial charge in [-0.15, -0.1) is 0 Å². The quantitative estimate of drug-likeness (QED) is 0.161. The van der Waals surface area contributed by atoms with Gasteiger partial charge >= 0.3 is 0 Å². The summed E-state index contributed by atoms with van der Waals surface area (Å²) in [4.78, 5) is 2.33. The van der Waals surface area contributed by atoms with E-state index in [4.69, 9.17) is 4.42 Å². The minimum absolute atomic E-state index is 0.862. The first kappa shape index (κ1) is 34.9. The lowest BCUT2D eigenvalue weighted by Crippen LogP contribution is -2.10. The lowest BCUT2D eigenvalue weighted by Gasteiger charge is -2.26. The molecule has 0 aliphatic rings. The normalized spacial score (nSPS) is 11.6. The van der Waals surface area contributed by atoms with Crippen molar-refractivity contribution in [2.75, 3.05) is 4.90 Å². The standard InChI is InChI=1S/C58H38N2O/c1-3-15-39(16-4-1)47-20-9-10-21-48(47)40-27-31-44(32-28-40)59(46-35-36-51-50-23-12-14-26-55(50)61-56(51)38-46)45-33-29-42(30-34-45)58-49-22-8-7-19-43(49)37-54-57(41-17-5-2-6-18-41)52-24-11-13-25-53(52)60(54)58/h1-38H. The molecule has 0 saturated heterocycles. The molecule has 0 unspecified atom stereocenters. The summed E-state index contributed by atoms with van der Waals surface area (Å²) in [5.74, 6) is 0. The second-order valence-electron chi connectivity index (χ2n) is 15.7. The van der Waals surface area contributed by atoms with E-state index in [1.807, 2.05) is 12.1 Å². The third-order valence-corrected chi connectivity index (χ3v) is 12.2. The number of anilines is 3. The van der Waals surface area contributed by atoms with Gasteiger partial charge in [-0.1, -0.05) is 170 Å². The van der Waals surface area contributed by atoms with Crippen LogP contribution in [0.15, 0.2) is 235 Å². The zero-order valence-corrected chi connectivity index (χ0v) is 33.2. The van der Waals surface area contributed by atoms with Gasteiger partial charge < -0.3 is 13.7 Å². The average Bonchev–Trinajstić information content (AvgIpc) is 3.87. The molecule has 12 rings (SSSR count). The van der Waals surface area contributed by atoms with Gasteiger partial charge in [-0.25, -0.2) is 0 Å². The Kier molecular flexibility index (Phi) is 8.17. The van der Waals surface area contributed by atoms with Gasteiger partial charge in [0.2, 0.25) is 0 Å². The fourth-order valence-electron chi connectivity index (χ4n) is 9.40. The predicted molar refractivity (Wildman–Crippen MR) is 256 cm³/mol. The molecule has 0 N–H and O–H groups in total. The second kappa shape index (κ2) is 14.3. The number of rotatable bonds is 7. The minimum Gasteiger partial charge on any atom is -0.456 e. The molecule has 0 aliphatic heterocycles. The molecule has 0 spiro atoms. The molecule has 9 aromatic carbocycles. The van der Waals surface area contributed by atoms with Crippen LogP contribution in [0.25, 0.3) is 93.8 Å². The fraction of sp³-hybridized carbons (Fsp3) is 0. The van der Waals surface area contributed by atoms with Crippen LogP contribution >= 0.6 is 0 Å².